The van der Waals surface area contributed by atoms with Crippen LogP contribution < -0.4 is 4.90 Å². The minimum Gasteiger partial charge on any atom is -0.280 e. The average molecular weight is 392 g/mol. The summed E-state index contributed by atoms with van der Waals surface area (Å²) in [5, 5.41) is 0.202. The summed E-state index contributed by atoms with van der Waals surface area (Å²) in [6.07, 6.45) is 2.13. The Morgan fingerprint density at radius 1 is 0.815 bits per heavy atom. The van der Waals surface area contributed by atoms with Crippen LogP contribution in [0.15, 0.2) is 91.0 Å². The van der Waals surface area contributed by atoms with E-state index in [0.717, 1.165) is 22.5 Å². The van der Waals surface area contributed by atoms with Gasteiger partial charge in [0.1, 0.15) is 0 Å². The summed E-state index contributed by atoms with van der Waals surface area (Å²) in [6.45, 7) is 0. The first-order chi connectivity index (χ1) is 13.1. The zero-order valence-corrected chi connectivity index (χ0v) is 16.1. The highest BCUT2D eigenvalue weighted by atomic mass is 35.5. The van der Waals surface area contributed by atoms with E-state index in [4.69, 9.17) is 11.6 Å². The number of hydrogen-bond acceptors (Lipinski definition) is 2. The molecule has 0 saturated heterocycles. The zero-order valence-electron chi connectivity index (χ0n) is 14.5. The van der Waals surface area contributed by atoms with E-state index >= 15 is 0 Å². The summed E-state index contributed by atoms with van der Waals surface area (Å²) in [6, 6.07) is 27.3. The van der Waals surface area contributed by atoms with Crippen LogP contribution in [0.1, 0.15) is 17.0 Å². The third kappa shape index (κ3) is 3.53. The molecule has 1 amide bonds. The predicted molar refractivity (Wildman–Crippen MR) is 115 cm³/mol. The Morgan fingerprint density at radius 2 is 1.41 bits per heavy atom. The fourth-order valence-corrected chi connectivity index (χ4v) is 3.88. The number of rotatable bonds is 3. The van der Waals surface area contributed by atoms with Crippen LogP contribution >= 0.6 is 24.2 Å². The maximum absolute atomic E-state index is 13.3. The van der Waals surface area contributed by atoms with Crippen molar-refractivity contribution in [3.8, 4) is 0 Å². The minimum absolute atomic E-state index is 0.0363. The van der Waals surface area contributed by atoms with Crippen molar-refractivity contribution in [2.45, 2.75) is 11.2 Å². The highest BCUT2D eigenvalue weighted by Crippen LogP contribution is 2.39. The standard InChI is InChI=1S/C23H18ClNOS/c24-18-13-11-16(12-14-18)20-15-21(17-7-3-1-4-8-17)25(23(26)22(20)27)19-9-5-2-6-10-19/h1-15,20,22,27H/t20-,22-/m1/s1. The van der Waals surface area contributed by atoms with Crippen molar-refractivity contribution in [3.05, 3.63) is 107 Å². The van der Waals surface area contributed by atoms with Gasteiger partial charge in [0.2, 0.25) is 5.91 Å². The number of nitrogens with zero attached hydrogens (tertiary/aromatic N) is 1. The van der Waals surface area contributed by atoms with Crippen LogP contribution in [0.3, 0.4) is 0 Å². The summed E-state index contributed by atoms with van der Waals surface area (Å²) in [4.78, 5) is 15.1. The molecule has 1 heterocycles. The maximum Gasteiger partial charge on any atom is 0.245 e. The fraction of sp³-hybridized carbons (Fsp3) is 0.0870. The Morgan fingerprint density at radius 3 is 2.04 bits per heavy atom. The number of benzene rings is 3. The van der Waals surface area contributed by atoms with E-state index < -0.39 is 5.25 Å². The monoisotopic (exact) mass is 391 g/mol. The molecule has 0 bridgehead atoms. The van der Waals surface area contributed by atoms with Crippen LogP contribution in [0.5, 0.6) is 0 Å². The molecule has 134 valence electrons. The van der Waals surface area contributed by atoms with Crippen LogP contribution in [0.2, 0.25) is 5.02 Å². The molecule has 3 aromatic rings. The number of allylic oxidation sites excluding steroid dienone is 1. The smallest absolute Gasteiger partial charge is 0.245 e. The topological polar surface area (TPSA) is 20.3 Å². The minimum atomic E-state index is -0.473. The van der Waals surface area contributed by atoms with E-state index in [1.54, 1.807) is 4.90 Å². The summed E-state index contributed by atoms with van der Waals surface area (Å²) < 4.78 is 0. The molecule has 0 fully saturated rings. The molecule has 0 spiro atoms. The normalized spacial score (nSPS) is 19.7. The van der Waals surface area contributed by atoms with Crippen LogP contribution in [0.25, 0.3) is 5.70 Å². The van der Waals surface area contributed by atoms with E-state index in [0.29, 0.717) is 5.02 Å². The molecule has 4 heteroatoms. The average Bonchev–Trinajstić information content (AvgIpc) is 2.72. The quantitative estimate of drug-likeness (QED) is 0.558. The van der Waals surface area contributed by atoms with Crippen LogP contribution in [-0.4, -0.2) is 11.2 Å². The first-order valence-corrected chi connectivity index (χ1v) is 9.64. The van der Waals surface area contributed by atoms with Crippen LogP contribution in [-0.2, 0) is 4.79 Å². The summed E-state index contributed by atoms with van der Waals surface area (Å²) in [7, 11) is 0. The molecule has 0 unspecified atom stereocenters. The van der Waals surface area contributed by atoms with Crippen molar-refractivity contribution in [3.63, 3.8) is 0 Å². The summed E-state index contributed by atoms with van der Waals surface area (Å²) in [5.41, 5.74) is 3.73. The molecule has 0 N–H and O–H groups in total. The number of carbonyl (C=O) groups is 1. The molecule has 2 nitrogen and oxygen atoms in total. The lowest BCUT2D eigenvalue weighted by Gasteiger charge is -2.36. The number of carbonyl (C=O) groups excluding carboxylic acids is 1. The number of halogens is 1. The van der Waals surface area contributed by atoms with Gasteiger partial charge < -0.3 is 0 Å². The van der Waals surface area contributed by atoms with Crippen molar-refractivity contribution in [2.75, 3.05) is 4.90 Å². The van der Waals surface area contributed by atoms with Gasteiger partial charge in [0.15, 0.2) is 0 Å². The lowest BCUT2D eigenvalue weighted by Crippen LogP contribution is -2.42. The molecular weight excluding hydrogens is 374 g/mol. The first kappa shape index (κ1) is 17.9. The maximum atomic E-state index is 13.3. The lowest BCUT2D eigenvalue weighted by atomic mass is 9.88. The second kappa shape index (κ2) is 7.63. The van der Waals surface area contributed by atoms with Gasteiger partial charge in [-0.15, -0.1) is 0 Å². The van der Waals surface area contributed by atoms with Crippen molar-refractivity contribution in [1.82, 2.24) is 0 Å². The highest BCUT2D eigenvalue weighted by Gasteiger charge is 2.36. The Balaban J connectivity index is 1.87. The van der Waals surface area contributed by atoms with E-state index in [-0.39, 0.29) is 11.8 Å². The van der Waals surface area contributed by atoms with Crippen LogP contribution in [0, 0.1) is 0 Å². The number of para-hydroxylation sites is 1. The predicted octanol–water partition coefficient (Wildman–Crippen LogP) is 5.81. The van der Waals surface area contributed by atoms with Gasteiger partial charge in [0, 0.05) is 16.6 Å². The largest absolute Gasteiger partial charge is 0.280 e. The van der Waals surface area contributed by atoms with Gasteiger partial charge in [-0.3, -0.25) is 9.69 Å². The molecule has 4 rings (SSSR count). The van der Waals surface area contributed by atoms with E-state index in [1.165, 1.54) is 0 Å². The zero-order chi connectivity index (χ0) is 18.8. The number of amides is 1. The SMILES string of the molecule is O=C1[C@H](S)[C@@H](c2ccc(Cl)cc2)C=C(c2ccccc2)N1c1ccccc1. The Labute approximate surface area is 169 Å². The second-order valence-corrected chi connectivity index (χ2v) is 7.44. The molecule has 0 aliphatic carbocycles. The third-order valence-electron chi connectivity index (χ3n) is 4.73. The molecule has 1 aliphatic rings. The third-order valence-corrected chi connectivity index (χ3v) is 5.52. The molecule has 0 radical (unpaired) electrons. The molecular formula is C23H18ClNOS. The highest BCUT2D eigenvalue weighted by molar-refractivity contribution is 7.82. The van der Waals surface area contributed by atoms with Gasteiger partial charge in [-0.25, -0.2) is 0 Å². The molecule has 27 heavy (non-hydrogen) atoms. The number of hydrogen-bond donors (Lipinski definition) is 1. The number of anilines is 1. The van der Waals surface area contributed by atoms with E-state index in [2.05, 4.69) is 18.7 Å². The molecule has 2 atom stereocenters. The van der Waals surface area contributed by atoms with Crippen molar-refractivity contribution in [2.24, 2.45) is 0 Å². The molecule has 3 aromatic carbocycles. The summed E-state index contributed by atoms with van der Waals surface area (Å²) >= 11 is 10.7. The number of thiol groups is 1. The van der Waals surface area contributed by atoms with Gasteiger partial charge in [-0.2, -0.15) is 12.6 Å². The van der Waals surface area contributed by atoms with E-state index in [9.17, 15) is 4.79 Å². The Kier molecular flexibility index (Phi) is 5.06. The van der Waals surface area contributed by atoms with Crippen LogP contribution in [0.4, 0.5) is 5.69 Å². The van der Waals surface area contributed by atoms with Crippen molar-refractivity contribution in [1.29, 1.82) is 0 Å². The van der Waals surface area contributed by atoms with Gasteiger partial charge in [-0.05, 0) is 35.4 Å². The summed E-state index contributed by atoms with van der Waals surface area (Å²) in [5.74, 6) is -0.167. The van der Waals surface area contributed by atoms with Gasteiger partial charge >= 0.3 is 0 Å². The van der Waals surface area contributed by atoms with Gasteiger partial charge in [0.25, 0.3) is 0 Å². The lowest BCUT2D eigenvalue weighted by molar-refractivity contribution is -0.117. The Bertz CT molecular complexity index is 970. The van der Waals surface area contributed by atoms with Crippen molar-refractivity contribution < 1.29 is 4.79 Å². The van der Waals surface area contributed by atoms with Gasteiger partial charge in [0.05, 0.1) is 10.9 Å². The second-order valence-electron chi connectivity index (χ2n) is 6.45. The van der Waals surface area contributed by atoms with Crippen molar-refractivity contribution >= 4 is 41.5 Å². The molecule has 0 saturated carbocycles. The van der Waals surface area contributed by atoms with E-state index in [1.807, 2.05) is 84.9 Å². The fourth-order valence-electron chi connectivity index (χ4n) is 3.38. The molecule has 0 aromatic heterocycles. The first-order valence-electron chi connectivity index (χ1n) is 8.75. The molecule has 1 aliphatic heterocycles. The Hall–Kier alpha value is -2.49. The van der Waals surface area contributed by atoms with Gasteiger partial charge in [-0.1, -0.05) is 78.3 Å².